The molecule has 1 aromatic carbocycles. The number of thiazole rings is 1. The molecule has 0 amide bonds. The van der Waals surface area contributed by atoms with Crippen LogP contribution in [0.15, 0.2) is 29.8 Å². The summed E-state index contributed by atoms with van der Waals surface area (Å²) in [5, 5.41) is 14.4. The molecule has 21 heavy (non-hydrogen) atoms. The SMILES string of the molecule is CC(C)(Nc1ccc(C#N)c(C(F)(F)F)c1)c1nccs1. The molecule has 0 unspecified atom stereocenters. The second-order valence-corrected chi connectivity index (χ2v) is 5.85. The summed E-state index contributed by atoms with van der Waals surface area (Å²) in [5.41, 5.74) is -1.64. The highest BCUT2D eigenvalue weighted by Crippen LogP contribution is 2.35. The summed E-state index contributed by atoms with van der Waals surface area (Å²) in [6.45, 7) is 3.66. The number of nitriles is 1. The lowest BCUT2D eigenvalue weighted by Crippen LogP contribution is -2.28. The van der Waals surface area contributed by atoms with E-state index in [0.717, 1.165) is 11.1 Å². The van der Waals surface area contributed by atoms with Crippen LogP contribution in [0.3, 0.4) is 0 Å². The Morgan fingerprint density at radius 3 is 2.52 bits per heavy atom. The zero-order valence-electron chi connectivity index (χ0n) is 11.3. The fourth-order valence-electron chi connectivity index (χ4n) is 1.90. The second kappa shape index (κ2) is 5.37. The van der Waals surface area contributed by atoms with E-state index < -0.39 is 17.3 Å². The lowest BCUT2D eigenvalue weighted by molar-refractivity contribution is -0.137. The normalized spacial score (nSPS) is 12.0. The Morgan fingerprint density at radius 1 is 1.29 bits per heavy atom. The average molecular weight is 311 g/mol. The number of halogens is 3. The lowest BCUT2D eigenvalue weighted by Gasteiger charge is -2.25. The first-order valence-corrected chi connectivity index (χ1v) is 6.91. The van der Waals surface area contributed by atoms with Crippen molar-refractivity contribution in [2.45, 2.75) is 25.6 Å². The van der Waals surface area contributed by atoms with E-state index in [2.05, 4.69) is 10.3 Å². The standard InChI is InChI=1S/C14H12F3N3S/c1-13(2,12-19-5-6-21-12)20-10-4-3-9(8-18)11(7-10)14(15,16)17/h3-7,20H,1-2H3. The molecule has 0 bridgehead atoms. The summed E-state index contributed by atoms with van der Waals surface area (Å²) in [7, 11) is 0. The third kappa shape index (κ3) is 3.34. The monoisotopic (exact) mass is 311 g/mol. The van der Waals surface area contributed by atoms with E-state index in [4.69, 9.17) is 5.26 Å². The minimum atomic E-state index is -4.56. The second-order valence-electron chi connectivity index (χ2n) is 4.96. The maximum atomic E-state index is 12.9. The highest BCUT2D eigenvalue weighted by molar-refractivity contribution is 7.09. The Labute approximate surface area is 124 Å². The molecule has 0 aliphatic heterocycles. The number of rotatable bonds is 3. The first kappa shape index (κ1) is 15.3. The summed E-state index contributed by atoms with van der Waals surface area (Å²) < 4.78 is 38.8. The number of hydrogen-bond donors (Lipinski definition) is 1. The molecule has 3 nitrogen and oxygen atoms in total. The van der Waals surface area contributed by atoms with E-state index in [1.54, 1.807) is 17.6 Å². The number of aromatic nitrogens is 1. The van der Waals surface area contributed by atoms with Crippen LogP contribution in [0.2, 0.25) is 0 Å². The Kier molecular flexibility index (Phi) is 3.92. The van der Waals surface area contributed by atoms with Gasteiger partial charge >= 0.3 is 6.18 Å². The molecule has 0 fully saturated rings. The van der Waals surface area contributed by atoms with E-state index in [0.29, 0.717) is 5.69 Å². The maximum absolute atomic E-state index is 12.9. The fourth-order valence-corrected chi connectivity index (χ4v) is 2.62. The number of nitrogens with one attached hydrogen (secondary N) is 1. The molecule has 2 rings (SSSR count). The summed E-state index contributed by atoms with van der Waals surface area (Å²) in [4.78, 5) is 4.17. The van der Waals surface area contributed by atoms with Crippen LogP contribution in [0.1, 0.15) is 30.0 Å². The Balaban J connectivity index is 2.36. The van der Waals surface area contributed by atoms with Gasteiger partial charge in [0, 0.05) is 17.3 Å². The number of anilines is 1. The average Bonchev–Trinajstić information content (AvgIpc) is 2.92. The zero-order valence-corrected chi connectivity index (χ0v) is 12.1. The summed E-state index contributed by atoms with van der Waals surface area (Å²) in [5.74, 6) is 0. The smallest absolute Gasteiger partial charge is 0.374 e. The topological polar surface area (TPSA) is 48.7 Å². The quantitative estimate of drug-likeness (QED) is 0.915. The van der Waals surface area contributed by atoms with Gasteiger partial charge in [0.05, 0.1) is 22.7 Å². The van der Waals surface area contributed by atoms with Crippen LogP contribution in [-0.4, -0.2) is 4.98 Å². The molecular weight excluding hydrogens is 299 g/mol. The van der Waals surface area contributed by atoms with Gasteiger partial charge in [-0.05, 0) is 32.0 Å². The molecule has 0 saturated heterocycles. The molecule has 0 aliphatic carbocycles. The number of benzene rings is 1. The molecule has 0 radical (unpaired) electrons. The van der Waals surface area contributed by atoms with E-state index in [9.17, 15) is 13.2 Å². The molecule has 1 N–H and O–H groups in total. The van der Waals surface area contributed by atoms with Gasteiger partial charge in [-0.25, -0.2) is 4.98 Å². The van der Waals surface area contributed by atoms with E-state index >= 15 is 0 Å². The van der Waals surface area contributed by atoms with E-state index in [-0.39, 0.29) is 5.56 Å². The van der Waals surface area contributed by atoms with Crippen LogP contribution in [0.25, 0.3) is 0 Å². The molecular formula is C14H12F3N3S. The van der Waals surface area contributed by atoms with Gasteiger partial charge in [0.2, 0.25) is 0 Å². The third-order valence-electron chi connectivity index (χ3n) is 2.87. The molecule has 1 aromatic heterocycles. The molecule has 2 aromatic rings. The third-order valence-corrected chi connectivity index (χ3v) is 3.97. The van der Waals surface area contributed by atoms with Gasteiger partial charge in [0.15, 0.2) is 0 Å². The van der Waals surface area contributed by atoms with Gasteiger partial charge in [-0.15, -0.1) is 11.3 Å². The molecule has 0 saturated carbocycles. The van der Waals surface area contributed by atoms with Gasteiger partial charge in [-0.1, -0.05) is 0 Å². The maximum Gasteiger partial charge on any atom is 0.417 e. The van der Waals surface area contributed by atoms with Gasteiger partial charge in [-0.2, -0.15) is 18.4 Å². The van der Waals surface area contributed by atoms with E-state index in [1.165, 1.54) is 23.5 Å². The first-order valence-electron chi connectivity index (χ1n) is 6.03. The van der Waals surface area contributed by atoms with Gasteiger partial charge in [-0.3, -0.25) is 0 Å². The molecule has 0 aliphatic rings. The fraction of sp³-hybridized carbons (Fsp3) is 0.286. The van der Waals surface area contributed by atoms with Crippen LogP contribution < -0.4 is 5.32 Å². The zero-order chi connectivity index (χ0) is 15.7. The van der Waals surface area contributed by atoms with Crippen molar-refractivity contribution in [2.24, 2.45) is 0 Å². The lowest BCUT2D eigenvalue weighted by atomic mass is 10.0. The number of alkyl halides is 3. The van der Waals surface area contributed by atoms with Crippen LogP contribution in [0, 0.1) is 11.3 Å². The summed E-state index contributed by atoms with van der Waals surface area (Å²) in [6.07, 6.45) is -2.92. The summed E-state index contributed by atoms with van der Waals surface area (Å²) in [6, 6.07) is 5.15. The predicted octanol–water partition coefficient (Wildman–Crippen LogP) is 4.38. The van der Waals surface area contributed by atoms with Crippen molar-refractivity contribution in [3.8, 4) is 6.07 Å². The van der Waals surface area contributed by atoms with Crippen molar-refractivity contribution in [1.82, 2.24) is 4.98 Å². The predicted molar refractivity (Wildman–Crippen MR) is 74.9 cm³/mol. The summed E-state index contributed by atoms with van der Waals surface area (Å²) >= 11 is 1.42. The van der Waals surface area contributed by atoms with Crippen molar-refractivity contribution in [2.75, 3.05) is 5.32 Å². The van der Waals surface area contributed by atoms with Crippen molar-refractivity contribution >= 4 is 17.0 Å². The van der Waals surface area contributed by atoms with Crippen molar-refractivity contribution in [3.63, 3.8) is 0 Å². The first-order chi connectivity index (χ1) is 9.74. The van der Waals surface area contributed by atoms with Crippen molar-refractivity contribution < 1.29 is 13.2 Å². The Bertz CT molecular complexity index is 670. The minimum Gasteiger partial charge on any atom is -0.374 e. The number of hydrogen-bond acceptors (Lipinski definition) is 4. The van der Waals surface area contributed by atoms with Crippen LogP contribution in [-0.2, 0) is 11.7 Å². The van der Waals surface area contributed by atoms with Gasteiger partial charge in [0.1, 0.15) is 5.01 Å². The van der Waals surface area contributed by atoms with Crippen LogP contribution >= 0.6 is 11.3 Å². The molecule has 110 valence electrons. The van der Waals surface area contributed by atoms with Crippen molar-refractivity contribution in [1.29, 1.82) is 5.26 Å². The molecule has 7 heteroatoms. The molecule has 0 spiro atoms. The van der Waals surface area contributed by atoms with Crippen LogP contribution in [0.4, 0.5) is 18.9 Å². The Morgan fingerprint density at radius 2 is 2.00 bits per heavy atom. The highest BCUT2D eigenvalue weighted by Gasteiger charge is 2.34. The van der Waals surface area contributed by atoms with Crippen molar-refractivity contribution in [3.05, 3.63) is 45.9 Å². The number of nitrogens with zero attached hydrogens (tertiary/aromatic N) is 2. The molecule has 0 atom stereocenters. The van der Waals surface area contributed by atoms with Crippen LogP contribution in [0.5, 0.6) is 0 Å². The highest BCUT2D eigenvalue weighted by atomic mass is 32.1. The Hall–Kier alpha value is -2.07. The van der Waals surface area contributed by atoms with Gasteiger partial charge < -0.3 is 5.32 Å². The minimum absolute atomic E-state index is 0.293. The molecule has 1 heterocycles. The van der Waals surface area contributed by atoms with E-state index in [1.807, 2.05) is 13.8 Å². The van der Waals surface area contributed by atoms with Gasteiger partial charge in [0.25, 0.3) is 0 Å². The largest absolute Gasteiger partial charge is 0.417 e.